The summed E-state index contributed by atoms with van der Waals surface area (Å²) in [4.78, 5) is 15.3. The second-order valence-corrected chi connectivity index (χ2v) is 7.18. The monoisotopic (exact) mass is 304 g/mol. The third-order valence-electron chi connectivity index (χ3n) is 4.06. The number of nitrogens with zero attached hydrogens (tertiary/aromatic N) is 1. The molecule has 1 aromatic rings. The van der Waals surface area contributed by atoms with Crippen LogP contribution in [0.25, 0.3) is 0 Å². The molecule has 0 spiro atoms. The molecule has 114 valence electrons. The summed E-state index contributed by atoms with van der Waals surface area (Å²) in [6.45, 7) is 7.11. The molecule has 1 aromatic carbocycles. The lowest BCUT2D eigenvalue weighted by atomic mass is 9.83. The fourth-order valence-corrected chi connectivity index (χ4v) is 3.19. The summed E-state index contributed by atoms with van der Waals surface area (Å²) >= 11 is 5.15. The first-order valence-electron chi connectivity index (χ1n) is 7.52. The van der Waals surface area contributed by atoms with Gasteiger partial charge < -0.3 is 10.6 Å². The van der Waals surface area contributed by atoms with Crippen LogP contribution >= 0.6 is 12.2 Å². The first kappa shape index (κ1) is 16.0. The minimum absolute atomic E-state index is 0.0537. The Labute approximate surface area is 132 Å². The van der Waals surface area contributed by atoms with Gasteiger partial charge in [-0.1, -0.05) is 51.2 Å². The maximum atomic E-state index is 13.0. The van der Waals surface area contributed by atoms with Crippen LogP contribution in [-0.2, 0) is 5.41 Å². The lowest BCUT2D eigenvalue weighted by Gasteiger charge is -2.36. The number of hydrogen-bond donors (Lipinski definition) is 1. The van der Waals surface area contributed by atoms with Gasteiger partial charge in [0.1, 0.15) is 0 Å². The number of carbonyl (C=O) groups is 1. The van der Waals surface area contributed by atoms with Crippen molar-refractivity contribution in [2.45, 2.75) is 51.5 Å². The molecule has 1 unspecified atom stereocenters. The van der Waals surface area contributed by atoms with E-state index in [1.165, 1.54) is 0 Å². The van der Waals surface area contributed by atoms with Crippen LogP contribution in [0.3, 0.4) is 0 Å². The first-order chi connectivity index (χ1) is 9.82. The number of hydrogen-bond acceptors (Lipinski definition) is 2. The average molecular weight is 304 g/mol. The summed E-state index contributed by atoms with van der Waals surface area (Å²) in [6.07, 6.45) is 2.97. The number of amides is 1. The van der Waals surface area contributed by atoms with Gasteiger partial charge in [0.2, 0.25) is 0 Å². The SMILES string of the molecule is CC(C)(C)c1ccccc1C(=O)N1CCCCC1C(N)=S. The standard InChI is InChI=1S/C17H24N2OS/c1-17(2,3)13-9-5-4-8-12(13)16(20)19-11-7-6-10-14(19)15(18)21/h4-5,8-9,14H,6-7,10-11H2,1-3H3,(H2,18,21). The summed E-state index contributed by atoms with van der Waals surface area (Å²) in [7, 11) is 0. The van der Waals surface area contributed by atoms with Gasteiger partial charge in [-0.25, -0.2) is 0 Å². The number of rotatable bonds is 2. The molecule has 21 heavy (non-hydrogen) atoms. The maximum absolute atomic E-state index is 13.0. The predicted octanol–water partition coefficient (Wildman–Crippen LogP) is 3.26. The highest BCUT2D eigenvalue weighted by Crippen LogP contribution is 2.28. The molecule has 0 aliphatic carbocycles. The molecule has 2 rings (SSSR count). The Morgan fingerprint density at radius 2 is 1.95 bits per heavy atom. The highest BCUT2D eigenvalue weighted by Gasteiger charge is 2.31. The molecule has 1 atom stereocenters. The molecule has 0 saturated carbocycles. The Morgan fingerprint density at radius 1 is 1.29 bits per heavy atom. The number of piperidine rings is 1. The van der Waals surface area contributed by atoms with Gasteiger partial charge in [-0.15, -0.1) is 0 Å². The zero-order valence-corrected chi connectivity index (χ0v) is 13.9. The molecule has 0 radical (unpaired) electrons. The Balaban J connectivity index is 2.37. The number of benzene rings is 1. The van der Waals surface area contributed by atoms with Crippen molar-refractivity contribution >= 4 is 23.1 Å². The number of carbonyl (C=O) groups excluding carboxylic acids is 1. The molecular weight excluding hydrogens is 280 g/mol. The van der Waals surface area contributed by atoms with Crippen molar-refractivity contribution < 1.29 is 4.79 Å². The second kappa shape index (κ2) is 6.14. The van der Waals surface area contributed by atoms with E-state index in [1.54, 1.807) is 0 Å². The summed E-state index contributed by atoms with van der Waals surface area (Å²) in [6, 6.07) is 7.75. The van der Waals surface area contributed by atoms with Crippen molar-refractivity contribution in [1.29, 1.82) is 0 Å². The van der Waals surface area contributed by atoms with Crippen molar-refractivity contribution in [2.75, 3.05) is 6.54 Å². The van der Waals surface area contributed by atoms with Crippen molar-refractivity contribution in [3.05, 3.63) is 35.4 Å². The third-order valence-corrected chi connectivity index (χ3v) is 4.33. The molecule has 1 saturated heterocycles. The van der Waals surface area contributed by atoms with Crippen LogP contribution in [0, 0.1) is 0 Å². The first-order valence-corrected chi connectivity index (χ1v) is 7.93. The lowest BCUT2D eigenvalue weighted by molar-refractivity contribution is 0.0679. The Hall–Kier alpha value is -1.42. The van der Waals surface area contributed by atoms with E-state index in [4.69, 9.17) is 18.0 Å². The second-order valence-electron chi connectivity index (χ2n) is 6.71. The van der Waals surface area contributed by atoms with E-state index in [0.717, 1.165) is 36.9 Å². The van der Waals surface area contributed by atoms with Crippen LogP contribution < -0.4 is 5.73 Å². The van der Waals surface area contributed by atoms with Gasteiger partial charge in [0.05, 0.1) is 11.0 Å². The van der Waals surface area contributed by atoms with E-state index in [9.17, 15) is 4.79 Å². The fraction of sp³-hybridized carbons (Fsp3) is 0.529. The van der Waals surface area contributed by atoms with E-state index in [0.29, 0.717) is 4.99 Å². The van der Waals surface area contributed by atoms with Crippen LogP contribution in [0.4, 0.5) is 0 Å². The largest absolute Gasteiger partial charge is 0.392 e. The van der Waals surface area contributed by atoms with Gasteiger partial charge in [-0.3, -0.25) is 4.79 Å². The summed E-state index contributed by atoms with van der Waals surface area (Å²) in [5, 5.41) is 0. The van der Waals surface area contributed by atoms with Gasteiger partial charge in [0, 0.05) is 12.1 Å². The minimum Gasteiger partial charge on any atom is -0.392 e. The maximum Gasteiger partial charge on any atom is 0.254 e. The summed E-state index contributed by atoms with van der Waals surface area (Å²) < 4.78 is 0. The lowest BCUT2D eigenvalue weighted by Crippen LogP contribution is -2.50. The van der Waals surface area contributed by atoms with Gasteiger partial charge in [-0.05, 0) is 36.3 Å². The van der Waals surface area contributed by atoms with Crippen LogP contribution in [0.1, 0.15) is 56.0 Å². The average Bonchev–Trinajstić information content (AvgIpc) is 2.45. The fourth-order valence-electron chi connectivity index (χ4n) is 2.95. The molecule has 1 aliphatic heterocycles. The van der Waals surface area contributed by atoms with Crippen LogP contribution in [0.15, 0.2) is 24.3 Å². The van der Waals surface area contributed by atoms with Crippen molar-refractivity contribution in [2.24, 2.45) is 5.73 Å². The Kier molecular flexibility index (Phi) is 4.67. The minimum atomic E-state index is -0.103. The topological polar surface area (TPSA) is 46.3 Å². The molecule has 4 heteroatoms. The highest BCUT2D eigenvalue weighted by atomic mass is 32.1. The number of thiocarbonyl (C=S) groups is 1. The van der Waals surface area contributed by atoms with E-state index in [2.05, 4.69) is 20.8 Å². The van der Waals surface area contributed by atoms with Crippen molar-refractivity contribution in [1.82, 2.24) is 4.90 Å². The summed E-state index contributed by atoms with van der Waals surface area (Å²) in [5.41, 5.74) is 7.61. The Morgan fingerprint density at radius 3 is 2.57 bits per heavy atom. The van der Waals surface area contributed by atoms with Crippen molar-refractivity contribution in [3.63, 3.8) is 0 Å². The molecule has 3 nitrogen and oxygen atoms in total. The third kappa shape index (κ3) is 3.43. The zero-order valence-electron chi connectivity index (χ0n) is 13.1. The normalized spacial score (nSPS) is 19.4. The van der Waals surface area contributed by atoms with Crippen LogP contribution in [0.2, 0.25) is 0 Å². The summed E-state index contributed by atoms with van der Waals surface area (Å²) in [5.74, 6) is 0.0537. The predicted molar refractivity (Wildman–Crippen MR) is 90.6 cm³/mol. The van der Waals surface area contributed by atoms with Crippen LogP contribution in [-0.4, -0.2) is 28.4 Å². The number of likely N-dealkylation sites (tertiary alicyclic amines) is 1. The van der Waals surface area contributed by atoms with E-state index in [1.807, 2.05) is 29.2 Å². The van der Waals surface area contributed by atoms with Crippen molar-refractivity contribution in [3.8, 4) is 0 Å². The molecule has 1 heterocycles. The molecule has 0 bridgehead atoms. The molecule has 1 amide bonds. The zero-order chi connectivity index (χ0) is 15.6. The molecule has 1 fully saturated rings. The molecule has 1 aliphatic rings. The smallest absolute Gasteiger partial charge is 0.254 e. The van der Waals surface area contributed by atoms with Gasteiger partial charge in [0.15, 0.2) is 0 Å². The number of nitrogens with two attached hydrogens (primary N) is 1. The molecule has 2 N–H and O–H groups in total. The van der Waals surface area contributed by atoms with Crippen LogP contribution in [0.5, 0.6) is 0 Å². The van der Waals surface area contributed by atoms with E-state index >= 15 is 0 Å². The quantitative estimate of drug-likeness (QED) is 0.853. The van der Waals surface area contributed by atoms with E-state index in [-0.39, 0.29) is 17.4 Å². The van der Waals surface area contributed by atoms with E-state index < -0.39 is 0 Å². The molecule has 0 aromatic heterocycles. The van der Waals surface area contributed by atoms with Gasteiger partial charge in [0.25, 0.3) is 5.91 Å². The Bertz CT molecular complexity index is 548. The van der Waals surface area contributed by atoms with Gasteiger partial charge in [-0.2, -0.15) is 0 Å². The highest BCUT2D eigenvalue weighted by molar-refractivity contribution is 7.80. The molecular formula is C17H24N2OS. The van der Waals surface area contributed by atoms with Gasteiger partial charge >= 0.3 is 0 Å².